The van der Waals surface area contributed by atoms with Crippen LogP contribution in [0.25, 0.3) is 11.6 Å². The lowest BCUT2D eigenvalue weighted by molar-refractivity contribution is -0.111. The minimum absolute atomic E-state index is 0.0433. The Morgan fingerprint density at radius 3 is 2.59 bits per heavy atom. The maximum atomic E-state index is 11.7. The molecule has 106 valence electrons. The van der Waals surface area contributed by atoms with Gasteiger partial charge in [0.2, 0.25) is 0 Å². The van der Waals surface area contributed by atoms with E-state index in [2.05, 4.69) is 11.1 Å². The molecule has 1 unspecified atom stereocenters. The monoisotopic (exact) mass is 286 g/mol. The first-order chi connectivity index (χ1) is 10.7. The van der Waals surface area contributed by atoms with Crippen molar-refractivity contribution >= 4 is 29.3 Å². The Kier molecular flexibility index (Phi) is 3.67. The molecule has 3 heteroatoms. The van der Waals surface area contributed by atoms with Crippen molar-refractivity contribution in [2.45, 2.75) is 12.8 Å². The van der Waals surface area contributed by atoms with Crippen LogP contribution in [0.1, 0.15) is 18.4 Å². The number of carbonyl (C=O) groups excluding carboxylic acids is 1. The molecular weight excluding hydrogens is 272 g/mol. The van der Waals surface area contributed by atoms with Gasteiger partial charge in [0, 0.05) is 22.6 Å². The number of hydrogen-bond donors (Lipinski definition) is 0. The molecule has 0 saturated heterocycles. The second kappa shape index (κ2) is 5.79. The zero-order valence-electron chi connectivity index (χ0n) is 12.2. The van der Waals surface area contributed by atoms with E-state index >= 15 is 0 Å². The maximum absolute atomic E-state index is 11.7. The molecule has 0 aliphatic carbocycles. The van der Waals surface area contributed by atoms with Crippen LogP contribution in [0.5, 0.6) is 0 Å². The molecule has 0 N–H and O–H groups in total. The topological polar surface area (TPSA) is 53.2 Å². The summed E-state index contributed by atoms with van der Waals surface area (Å²) in [5.74, 6) is -0.183. The Balaban J connectivity index is 2.29. The van der Waals surface area contributed by atoms with Gasteiger partial charge in [-0.25, -0.2) is 0 Å². The van der Waals surface area contributed by atoms with Crippen molar-refractivity contribution in [3.05, 3.63) is 64.5 Å². The SMILES string of the molecule is CC(=O)C(C#N)=c1cccc2c1=CC(c1ccccc1)C=N2. The van der Waals surface area contributed by atoms with Crippen LogP contribution in [-0.2, 0) is 4.79 Å². The normalized spacial score (nSPS) is 17.0. The minimum Gasteiger partial charge on any atom is -0.294 e. The summed E-state index contributed by atoms with van der Waals surface area (Å²) in [6.07, 6.45) is 3.95. The number of ketones is 1. The van der Waals surface area contributed by atoms with Gasteiger partial charge in [0.1, 0.15) is 11.6 Å². The van der Waals surface area contributed by atoms with Crippen LogP contribution in [0.4, 0.5) is 5.69 Å². The molecule has 0 spiro atoms. The van der Waals surface area contributed by atoms with Crippen molar-refractivity contribution in [2.24, 2.45) is 4.99 Å². The zero-order chi connectivity index (χ0) is 15.5. The Morgan fingerprint density at radius 1 is 1.14 bits per heavy atom. The number of benzene rings is 2. The molecule has 1 heterocycles. The van der Waals surface area contributed by atoms with Gasteiger partial charge >= 0.3 is 0 Å². The maximum Gasteiger partial charge on any atom is 0.170 e. The molecule has 2 aromatic carbocycles. The number of hydrogen-bond acceptors (Lipinski definition) is 3. The number of fused-ring (bicyclic) bond motifs is 1. The smallest absolute Gasteiger partial charge is 0.170 e. The summed E-state index contributed by atoms with van der Waals surface area (Å²) in [4.78, 5) is 16.2. The minimum atomic E-state index is -0.227. The number of Topliss-reactive ketones (excluding diaryl/α,β-unsaturated/α-hetero) is 1. The van der Waals surface area contributed by atoms with Gasteiger partial charge < -0.3 is 0 Å². The summed E-state index contributed by atoms with van der Waals surface area (Å²) in [6.45, 7) is 1.42. The van der Waals surface area contributed by atoms with Gasteiger partial charge in [0.25, 0.3) is 0 Å². The lowest BCUT2D eigenvalue weighted by Crippen LogP contribution is -2.31. The molecule has 1 aliphatic heterocycles. The van der Waals surface area contributed by atoms with E-state index in [9.17, 15) is 10.1 Å². The van der Waals surface area contributed by atoms with Crippen molar-refractivity contribution in [3.8, 4) is 6.07 Å². The largest absolute Gasteiger partial charge is 0.294 e. The third-order valence-corrected chi connectivity index (χ3v) is 3.72. The summed E-state index contributed by atoms with van der Waals surface area (Å²) >= 11 is 0. The van der Waals surface area contributed by atoms with Gasteiger partial charge in [-0.1, -0.05) is 48.5 Å². The summed E-state index contributed by atoms with van der Waals surface area (Å²) in [6, 6.07) is 17.6. The fraction of sp³-hybridized carbons (Fsp3) is 0.105. The van der Waals surface area contributed by atoms with E-state index < -0.39 is 0 Å². The quantitative estimate of drug-likeness (QED) is 0.850. The lowest BCUT2D eigenvalue weighted by atomic mass is 9.95. The average Bonchev–Trinajstić information content (AvgIpc) is 2.56. The van der Waals surface area contributed by atoms with Crippen molar-refractivity contribution in [1.82, 2.24) is 0 Å². The van der Waals surface area contributed by atoms with Crippen LogP contribution in [-0.4, -0.2) is 12.0 Å². The predicted molar refractivity (Wildman–Crippen MR) is 87.2 cm³/mol. The first kappa shape index (κ1) is 14.0. The van der Waals surface area contributed by atoms with Gasteiger partial charge in [-0.2, -0.15) is 5.26 Å². The van der Waals surface area contributed by atoms with Crippen LogP contribution in [0, 0.1) is 11.3 Å². The second-order valence-electron chi connectivity index (χ2n) is 5.16. The average molecular weight is 286 g/mol. The van der Waals surface area contributed by atoms with E-state index in [1.54, 1.807) is 6.07 Å². The van der Waals surface area contributed by atoms with Gasteiger partial charge in [-0.3, -0.25) is 9.79 Å². The van der Waals surface area contributed by atoms with Gasteiger partial charge in [0.05, 0.1) is 5.69 Å². The molecule has 3 nitrogen and oxygen atoms in total. The number of carbonyl (C=O) groups is 1. The molecule has 1 aliphatic rings. The second-order valence-corrected chi connectivity index (χ2v) is 5.16. The molecule has 0 radical (unpaired) electrons. The first-order valence-electron chi connectivity index (χ1n) is 7.06. The number of nitrogens with zero attached hydrogens (tertiary/aromatic N) is 2. The van der Waals surface area contributed by atoms with Crippen LogP contribution < -0.4 is 10.4 Å². The van der Waals surface area contributed by atoms with E-state index in [1.807, 2.05) is 54.7 Å². The molecule has 0 aromatic heterocycles. The summed E-state index contributed by atoms with van der Waals surface area (Å²) in [7, 11) is 0. The highest BCUT2D eigenvalue weighted by atomic mass is 16.1. The standard InChI is InChI=1S/C19H14N2O/c1-13(22)18(11-20)16-8-5-9-19-17(16)10-15(12-21-19)14-6-3-2-4-7-14/h2-10,12,15H,1H3. The molecule has 0 fully saturated rings. The highest BCUT2D eigenvalue weighted by molar-refractivity contribution is 6.18. The Labute approximate surface area is 128 Å². The highest BCUT2D eigenvalue weighted by Gasteiger charge is 2.12. The molecule has 2 aromatic rings. The summed E-state index contributed by atoms with van der Waals surface area (Å²) in [5.41, 5.74) is 2.10. The van der Waals surface area contributed by atoms with Crippen molar-refractivity contribution in [2.75, 3.05) is 0 Å². The first-order valence-corrected chi connectivity index (χ1v) is 7.06. The Bertz CT molecular complexity index is 918. The Morgan fingerprint density at radius 2 is 1.91 bits per heavy atom. The lowest BCUT2D eigenvalue weighted by Gasteiger charge is -2.13. The van der Waals surface area contributed by atoms with E-state index in [0.717, 1.165) is 16.5 Å². The fourth-order valence-electron chi connectivity index (χ4n) is 2.63. The molecule has 0 saturated carbocycles. The fourth-order valence-corrected chi connectivity index (χ4v) is 2.63. The van der Waals surface area contributed by atoms with Crippen LogP contribution >= 0.6 is 0 Å². The van der Waals surface area contributed by atoms with E-state index in [-0.39, 0.29) is 17.3 Å². The Hall–Kier alpha value is -2.99. The van der Waals surface area contributed by atoms with Gasteiger partial charge in [-0.15, -0.1) is 0 Å². The van der Waals surface area contributed by atoms with E-state index in [1.165, 1.54) is 6.92 Å². The third kappa shape index (κ3) is 2.47. The van der Waals surface area contributed by atoms with Crippen LogP contribution in [0.2, 0.25) is 0 Å². The van der Waals surface area contributed by atoms with Crippen LogP contribution in [0.3, 0.4) is 0 Å². The number of nitriles is 1. The molecule has 0 bridgehead atoms. The van der Waals surface area contributed by atoms with Gasteiger partial charge in [0.15, 0.2) is 5.78 Å². The molecule has 0 amide bonds. The van der Waals surface area contributed by atoms with Crippen molar-refractivity contribution < 1.29 is 4.79 Å². The van der Waals surface area contributed by atoms with Crippen LogP contribution in [0.15, 0.2) is 53.5 Å². The number of rotatable bonds is 2. The highest BCUT2D eigenvalue weighted by Crippen LogP contribution is 2.19. The molecular formula is C19H14N2O. The van der Waals surface area contributed by atoms with Gasteiger partial charge in [-0.05, 0) is 18.6 Å². The van der Waals surface area contributed by atoms with Crippen molar-refractivity contribution in [3.63, 3.8) is 0 Å². The number of aliphatic imine (C=N–C) groups is 1. The molecule has 1 atom stereocenters. The summed E-state index contributed by atoms with van der Waals surface area (Å²) in [5, 5.41) is 10.8. The summed E-state index contributed by atoms with van der Waals surface area (Å²) < 4.78 is 0. The predicted octanol–water partition coefficient (Wildman–Crippen LogP) is 2.23. The van der Waals surface area contributed by atoms with E-state index in [0.29, 0.717) is 5.22 Å². The van der Waals surface area contributed by atoms with E-state index in [4.69, 9.17) is 0 Å². The molecule has 3 rings (SSSR count). The van der Waals surface area contributed by atoms with Crippen molar-refractivity contribution in [1.29, 1.82) is 5.26 Å². The zero-order valence-corrected chi connectivity index (χ0v) is 12.2. The third-order valence-electron chi connectivity index (χ3n) is 3.72. The molecule has 22 heavy (non-hydrogen) atoms.